The molecule has 7 heteroatoms. The molecule has 0 aliphatic heterocycles. The summed E-state index contributed by atoms with van der Waals surface area (Å²) in [6.45, 7) is 0. The Morgan fingerprint density at radius 3 is 2.50 bits per heavy atom. The van der Waals surface area contributed by atoms with E-state index in [4.69, 9.17) is 0 Å². The highest BCUT2D eigenvalue weighted by Crippen LogP contribution is 2.19. The fraction of sp³-hybridized carbons (Fsp3) is 0. The van der Waals surface area contributed by atoms with E-state index in [1.165, 1.54) is 23.0 Å². The number of halogens is 2. The lowest BCUT2D eigenvalue weighted by atomic mass is 10.2. The van der Waals surface area contributed by atoms with Crippen LogP contribution in [0.1, 0.15) is 0 Å². The number of benzene rings is 2. The van der Waals surface area contributed by atoms with Crippen molar-refractivity contribution >= 4 is 0 Å². The number of aromatic nitrogens is 4. The van der Waals surface area contributed by atoms with Crippen LogP contribution in [0, 0.1) is 11.6 Å². The Bertz CT molecular complexity index is 1140. The van der Waals surface area contributed by atoms with Crippen LogP contribution in [0.5, 0.6) is 0 Å². The number of hydrogen-bond acceptors (Lipinski definition) is 3. The van der Waals surface area contributed by atoms with Crippen molar-refractivity contribution < 1.29 is 8.78 Å². The monoisotopic (exact) mass is 350 g/mol. The fourth-order valence-electron chi connectivity index (χ4n) is 2.64. The lowest BCUT2D eigenvalue weighted by molar-refractivity contribution is 0.572. The molecule has 0 aliphatic carbocycles. The summed E-state index contributed by atoms with van der Waals surface area (Å²) in [5, 5.41) is 8.48. The van der Waals surface area contributed by atoms with Gasteiger partial charge in [-0.15, -0.1) is 0 Å². The van der Waals surface area contributed by atoms with Gasteiger partial charge in [-0.1, -0.05) is 18.2 Å². The van der Waals surface area contributed by atoms with Crippen LogP contribution >= 0.6 is 0 Å². The predicted molar refractivity (Wildman–Crippen MR) is 92.3 cm³/mol. The normalized spacial score (nSPS) is 10.8. The number of hydrogen-bond donors (Lipinski definition) is 0. The Hall–Kier alpha value is -3.61. The molecular weight excluding hydrogens is 338 g/mol. The summed E-state index contributed by atoms with van der Waals surface area (Å²) < 4.78 is 30.0. The van der Waals surface area contributed by atoms with Crippen LogP contribution in [-0.4, -0.2) is 19.6 Å². The van der Waals surface area contributed by atoms with Gasteiger partial charge in [-0.25, -0.2) is 18.1 Å². The molecule has 0 radical (unpaired) electrons. The largest absolute Gasteiger partial charge is 0.287 e. The van der Waals surface area contributed by atoms with Crippen molar-refractivity contribution in [2.75, 3.05) is 0 Å². The van der Waals surface area contributed by atoms with Crippen molar-refractivity contribution in [3.05, 3.63) is 94.9 Å². The van der Waals surface area contributed by atoms with Gasteiger partial charge in [0.2, 0.25) is 5.43 Å². The summed E-state index contributed by atoms with van der Waals surface area (Å²) in [4.78, 5) is 12.4. The van der Waals surface area contributed by atoms with E-state index in [9.17, 15) is 13.6 Å². The van der Waals surface area contributed by atoms with E-state index in [-0.39, 0.29) is 16.8 Å². The molecule has 128 valence electrons. The highest BCUT2D eigenvalue weighted by atomic mass is 19.1. The van der Waals surface area contributed by atoms with E-state index in [0.717, 1.165) is 17.8 Å². The van der Waals surface area contributed by atoms with Crippen LogP contribution in [0.4, 0.5) is 8.78 Å². The minimum atomic E-state index is -0.774. The van der Waals surface area contributed by atoms with Gasteiger partial charge in [0.15, 0.2) is 11.5 Å². The number of nitrogens with zero attached hydrogens (tertiary/aromatic N) is 4. The zero-order valence-corrected chi connectivity index (χ0v) is 13.4. The third-order valence-electron chi connectivity index (χ3n) is 3.85. The van der Waals surface area contributed by atoms with Crippen LogP contribution in [-0.2, 0) is 0 Å². The molecule has 0 atom stereocenters. The lowest BCUT2D eigenvalue weighted by Crippen LogP contribution is -2.15. The topological polar surface area (TPSA) is 52.7 Å². The second-order valence-corrected chi connectivity index (χ2v) is 5.53. The predicted octanol–water partition coefficient (Wildman–Crippen LogP) is 3.36. The molecule has 0 spiro atoms. The SMILES string of the molecule is O=c1ccn(-c2ccc(F)cc2F)nc1-c1ccnn1-c1ccccc1. The van der Waals surface area contributed by atoms with E-state index in [0.29, 0.717) is 5.69 Å². The second-order valence-electron chi connectivity index (χ2n) is 5.53. The van der Waals surface area contributed by atoms with Gasteiger partial charge >= 0.3 is 0 Å². The number of para-hydroxylation sites is 1. The molecule has 5 nitrogen and oxygen atoms in total. The molecule has 2 aromatic heterocycles. The van der Waals surface area contributed by atoms with E-state index in [1.54, 1.807) is 16.9 Å². The minimum Gasteiger partial charge on any atom is -0.287 e. The first-order chi connectivity index (χ1) is 12.6. The molecule has 2 aromatic carbocycles. The van der Waals surface area contributed by atoms with Crippen LogP contribution in [0.3, 0.4) is 0 Å². The van der Waals surface area contributed by atoms with Gasteiger partial charge in [-0.2, -0.15) is 10.2 Å². The Morgan fingerprint density at radius 2 is 1.73 bits per heavy atom. The minimum absolute atomic E-state index is 0.0402. The average molecular weight is 350 g/mol. The van der Waals surface area contributed by atoms with Crippen LogP contribution in [0.15, 0.2) is 77.9 Å². The summed E-state index contributed by atoms with van der Waals surface area (Å²) in [5.41, 5.74) is 1.05. The standard InChI is InChI=1S/C19H12F2N4O/c20-13-6-7-16(15(21)12-13)24-11-9-18(26)19(23-24)17-8-10-22-25(17)14-4-2-1-3-5-14/h1-12H. The average Bonchev–Trinajstić information content (AvgIpc) is 3.13. The molecule has 4 rings (SSSR count). The molecule has 4 aromatic rings. The molecule has 0 bridgehead atoms. The molecular formula is C19H12F2N4O. The van der Waals surface area contributed by atoms with Crippen molar-refractivity contribution in [1.29, 1.82) is 0 Å². The zero-order chi connectivity index (χ0) is 18.1. The fourth-order valence-corrected chi connectivity index (χ4v) is 2.64. The van der Waals surface area contributed by atoms with Gasteiger partial charge in [0.25, 0.3) is 0 Å². The highest BCUT2D eigenvalue weighted by molar-refractivity contribution is 5.57. The maximum Gasteiger partial charge on any atom is 0.209 e. The molecule has 0 saturated heterocycles. The summed E-state index contributed by atoms with van der Waals surface area (Å²) in [6.07, 6.45) is 2.89. The quantitative estimate of drug-likeness (QED) is 0.569. The summed E-state index contributed by atoms with van der Waals surface area (Å²) >= 11 is 0. The van der Waals surface area contributed by atoms with Crippen LogP contribution < -0.4 is 5.43 Å². The van der Waals surface area contributed by atoms with Crippen molar-refractivity contribution in [3.63, 3.8) is 0 Å². The van der Waals surface area contributed by atoms with E-state index >= 15 is 0 Å². The molecule has 26 heavy (non-hydrogen) atoms. The molecule has 2 heterocycles. The maximum atomic E-state index is 14.1. The lowest BCUT2D eigenvalue weighted by Gasteiger charge is -2.10. The smallest absolute Gasteiger partial charge is 0.209 e. The first-order valence-electron chi connectivity index (χ1n) is 7.79. The van der Waals surface area contributed by atoms with E-state index in [1.807, 2.05) is 30.3 Å². The van der Waals surface area contributed by atoms with Crippen LogP contribution in [0.2, 0.25) is 0 Å². The summed E-state index contributed by atoms with van der Waals surface area (Å²) in [6, 6.07) is 15.4. The van der Waals surface area contributed by atoms with E-state index < -0.39 is 11.6 Å². The summed E-state index contributed by atoms with van der Waals surface area (Å²) in [5.74, 6) is -1.46. The third-order valence-corrected chi connectivity index (χ3v) is 3.85. The van der Waals surface area contributed by atoms with Gasteiger partial charge < -0.3 is 0 Å². The molecule has 0 N–H and O–H groups in total. The van der Waals surface area contributed by atoms with Crippen LogP contribution in [0.25, 0.3) is 22.8 Å². The van der Waals surface area contributed by atoms with Gasteiger partial charge in [-0.05, 0) is 30.3 Å². The number of rotatable bonds is 3. The first-order valence-corrected chi connectivity index (χ1v) is 7.79. The second kappa shape index (κ2) is 6.36. The van der Waals surface area contributed by atoms with Gasteiger partial charge in [0, 0.05) is 18.3 Å². The Balaban J connectivity index is 1.87. The summed E-state index contributed by atoms with van der Waals surface area (Å²) in [7, 11) is 0. The van der Waals surface area contributed by atoms with E-state index in [2.05, 4.69) is 10.2 Å². The van der Waals surface area contributed by atoms with Crippen molar-refractivity contribution in [3.8, 4) is 22.8 Å². The van der Waals surface area contributed by atoms with Crippen molar-refractivity contribution in [2.24, 2.45) is 0 Å². The zero-order valence-electron chi connectivity index (χ0n) is 13.4. The van der Waals surface area contributed by atoms with Gasteiger partial charge in [0.1, 0.15) is 11.5 Å². The van der Waals surface area contributed by atoms with Gasteiger partial charge in [-0.3, -0.25) is 4.79 Å². The van der Waals surface area contributed by atoms with Gasteiger partial charge in [0.05, 0.1) is 17.6 Å². The van der Waals surface area contributed by atoms with Crippen molar-refractivity contribution in [1.82, 2.24) is 19.6 Å². The molecule has 0 aliphatic rings. The Kier molecular flexibility index (Phi) is 3.89. The molecule has 0 unspecified atom stereocenters. The molecule has 0 saturated carbocycles. The molecule has 0 amide bonds. The first kappa shape index (κ1) is 15.9. The third kappa shape index (κ3) is 2.79. The maximum absolute atomic E-state index is 14.1. The molecule has 0 fully saturated rings. The Morgan fingerprint density at radius 1 is 0.923 bits per heavy atom. The van der Waals surface area contributed by atoms with Crippen molar-refractivity contribution in [2.45, 2.75) is 0 Å². The highest BCUT2D eigenvalue weighted by Gasteiger charge is 2.14. The Labute approximate surface area is 146 Å².